The molecule has 0 aromatic heterocycles. The first kappa shape index (κ1) is 13.2. The Morgan fingerprint density at radius 2 is 2.00 bits per heavy atom. The zero-order valence-electron chi connectivity index (χ0n) is 11.0. The van der Waals surface area contributed by atoms with Gasteiger partial charge in [-0.3, -0.25) is 10.2 Å². The quantitative estimate of drug-likeness (QED) is 0.539. The molecule has 1 fully saturated rings. The van der Waals surface area contributed by atoms with E-state index in [1.54, 1.807) is 6.92 Å². The summed E-state index contributed by atoms with van der Waals surface area (Å²) >= 11 is 0. The van der Waals surface area contributed by atoms with Gasteiger partial charge in [-0.1, -0.05) is 6.07 Å². The summed E-state index contributed by atoms with van der Waals surface area (Å²) in [6.45, 7) is 4.75. The third kappa shape index (κ3) is 3.37. The zero-order chi connectivity index (χ0) is 13.8. The topological polar surface area (TPSA) is 85.5 Å². The van der Waals surface area contributed by atoms with Crippen molar-refractivity contribution in [3.05, 3.63) is 24.3 Å². The second kappa shape index (κ2) is 5.60. The molecule has 0 bridgehead atoms. The molecule has 4 N–H and O–H groups in total. The minimum Gasteiger partial charge on any atom is -0.370 e. The van der Waals surface area contributed by atoms with Crippen molar-refractivity contribution in [1.29, 1.82) is 5.41 Å². The van der Waals surface area contributed by atoms with Crippen LogP contribution in [0.15, 0.2) is 24.3 Å². The van der Waals surface area contributed by atoms with Gasteiger partial charge >= 0.3 is 0 Å². The van der Waals surface area contributed by atoms with Crippen molar-refractivity contribution < 1.29 is 4.79 Å². The normalized spacial score (nSPS) is 15.2. The molecule has 0 spiro atoms. The summed E-state index contributed by atoms with van der Waals surface area (Å²) in [5.74, 6) is 0.0604. The van der Waals surface area contributed by atoms with E-state index in [1.165, 1.54) is 0 Å². The van der Waals surface area contributed by atoms with Gasteiger partial charge in [-0.25, -0.2) is 0 Å². The van der Waals surface area contributed by atoms with Crippen molar-refractivity contribution in [2.75, 3.05) is 36.4 Å². The van der Waals surface area contributed by atoms with Crippen LogP contribution in [0.2, 0.25) is 0 Å². The van der Waals surface area contributed by atoms with Crippen LogP contribution in [0.4, 0.5) is 11.4 Å². The number of nitrogens with one attached hydrogen (secondary N) is 2. The molecule has 1 aliphatic heterocycles. The Labute approximate surface area is 112 Å². The number of piperazine rings is 1. The predicted octanol–water partition coefficient (Wildman–Crippen LogP) is 0.660. The average molecular weight is 261 g/mol. The van der Waals surface area contributed by atoms with Crippen LogP contribution in [0.5, 0.6) is 0 Å². The van der Waals surface area contributed by atoms with Crippen molar-refractivity contribution >= 4 is 23.2 Å². The Kier molecular flexibility index (Phi) is 3.89. The lowest BCUT2D eigenvalue weighted by atomic mass is 10.2. The largest absolute Gasteiger partial charge is 0.370 e. The maximum Gasteiger partial charge on any atom is 0.219 e. The summed E-state index contributed by atoms with van der Waals surface area (Å²) in [4.78, 5) is 15.4. The van der Waals surface area contributed by atoms with Crippen molar-refractivity contribution in [3.63, 3.8) is 0 Å². The van der Waals surface area contributed by atoms with Gasteiger partial charge in [0.25, 0.3) is 0 Å². The molecular weight excluding hydrogens is 242 g/mol. The van der Waals surface area contributed by atoms with E-state index in [1.807, 2.05) is 29.2 Å². The number of benzene rings is 1. The highest BCUT2D eigenvalue weighted by Gasteiger charge is 2.18. The van der Waals surface area contributed by atoms with E-state index >= 15 is 0 Å². The Morgan fingerprint density at radius 1 is 1.32 bits per heavy atom. The van der Waals surface area contributed by atoms with Gasteiger partial charge in [0.1, 0.15) is 0 Å². The fourth-order valence-electron chi connectivity index (χ4n) is 2.22. The van der Waals surface area contributed by atoms with Gasteiger partial charge in [-0.2, -0.15) is 0 Å². The Hall–Kier alpha value is -2.24. The Morgan fingerprint density at radius 3 is 2.58 bits per heavy atom. The molecule has 6 nitrogen and oxygen atoms in total. The highest BCUT2D eigenvalue weighted by atomic mass is 16.2. The number of hydrogen-bond donors (Lipinski definition) is 3. The fraction of sp³-hybridized carbons (Fsp3) is 0.385. The second-order valence-electron chi connectivity index (χ2n) is 4.58. The van der Waals surface area contributed by atoms with Gasteiger partial charge in [-0.05, 0) is 18.2 Å². The number of nitrogens with two attached hydrogens (primary N) is 1. The number of carbonyl (C=O) groups is 1. The van der Waals surface area contributed by atoms with E-state index in [9.17, 15) is 4.79 Å². The molecule has 0 aliphatic carbocycles. The molecule has 1 aromatic rings. The van der Waals surface area contributed by atoms with Crippen LogP contribution in [0, 0.1) is 5.41 Å². The van der Waals surface area contributed by atoms with E-state index in [0.717, 1.165) is 37.6 Å². The maximum atomic E-state index is 11.3. The number of hydrogen-bond acceptors (Lipinski definition) is 3. The summed E-state index contributed by atoms with van der Waals surface area (Å²) in [7, 11) is 0. The summed E-state index contributed by atoms with van der Waals surface area (Å²) < 4.78 is 0. The van der Waals surface area contributed by atoms with Crippen LogP contribution in [0.25, 0.3) is 0 Å². The third-order valence-corrected chi connectivity index (χ3v) is 3.22. The molecule has 1 amide bonds. The van der Waals surface area contributed by atoms with Gasteiger partial charge < -0.3 is 20.9 Å². The van der Waals surface area contributed by atoms with E-state index in [0.29, 0.717) is 0 Å². The minimum atomic E-state index is -0.0708. The van der Waals surface area contributed by atoms with Crippen LogP contribution in [0.1, 0.15) is 6.92 Å². The summed E-state index contributed by atoms with van der Waals surface area (Å²) in [5.41, 5.74) is 7.20. The van der Waals surface area contributed by atoms with Crippen LogP contribution >= 0.6 is 0 Å². The second-order valence-corrected chi connectivity index (χ2v) is 4.58. The molecule has 1 aromatic carbocycles. The first-order valence-electron chi connectivity index (χ1n) is 6.28. The number of anilines is 2. The van der Waals surface area contributed by atoms with Crippen molar-refractivity contribution in [2.24, 2.45) is 5.73 Å². The first-order chi connectivity index (χ1) is 9.06. The van der Waals surface area contributed by atoms with Crippen molar-refractivity contribution in [3.8, 4) is 0 Å². The lowest BCUT2D eigenvalue weighted by Crippen LogP contribution is -2.48. The van der Waals surface area contributed by atoms with Gasteiger partial charge in [0.15, 0.2) is 5.96 Å². The van der Waals surface area contributed by atoms with E-state index in [2.05, 4.69) is 10.2 Å². The lowest BCUT2D eigenvalue weighted by Gasteiger charge is -2.35. The van der Waals surface area contributed by atoms with Crippen LogP contribution in [0.3, 0.4) is 0 Å². The first-order valence-corrected chi connectivity index (χ1v) is 6.28. The smallest absolute Gasteiger partial charge is 0.219 e. The predicted molar refractivity (Wildman–Crippen MR) is 76.4 cm³/mol. The van der Waals surface area contributed by atoms with Crippen LogP contribution in [-0.4, -0.2) is 42.9 Å². The fourth-order valence-corrected chi connectivity index (χ4v) is 2.22. The highest BCUT2D eigenvalue weighted by molar-refractivity contribution is 5.90. The lowest BCUT2D eigenvalue weighted by molar-refractivity contribution is -0.129. The van der Waals surface area contributed by atoms with E-state index < -0.39 is 0 Å². The maximum absolute atomic E-state index is 11.3. The molecule has 0 saturated carbocycles. The number of nitrogens with zero attached hydrogens (tertiary/aromatic N) is 2. The highest BCUT2D eigenvalue weighted by Crippen LogP contribution is 2.20. The molecule has 6 heteroatoms. The molecule has 2 rings (SSSR count). The van der Waals surface area contributed by atoms with Gasteiger partial charge in [0.2, 0.25) is 5.91 Å². The van der Waals surface area contributed by atoms with Gasteiger partial charge in [0, 0.05) is 44.5 Å². The number of guanidine groups is 1. The van der Waals surface area contributed by atoms with Crippen molar-refractivity contribution in [1.82, 2.24) is 4.90 Å². The molecule has 0 radical (unpaired) electrons. The van der Waals surface area contributed by atoms with Gasteiger partial charge in [0.05, 0.1) is 0 Å². The SMILES string of the molecule is CC(=O)N1CCN(c2cccc(NC(=N)N)c2)CC1. The molecule has 19 heavy (non-hydrogen) atoms. The molecule has 0 atom stereocenters. The molecule has 1 heterocycles. The molecular formula is C13H19N5O. The van der Waals surface area contributed by atoms with E-state index in [4.69, 9.17) is 11.1 Å². The average Bonchev–Trinajstić information content (AvgIpc) is 2.38. The standard InChI is InChI=1S/C13H19N5O/c1-10(19)17-5-7-18(8-6-17)12-4-2-3-11(9-12)16-13(14)15/h2-4,9H,5-8H2,1H3,(H4,14,15,16). The van der Waals surface area contributed by atoms with Crippen molar-refractivity contribution in [2.45, 2.75) is 6.92 Å². The monoisotopic (exact) mass is 261 g/mol. The summed E-state index contributed by atoms with van der Waals surface area (Å²) in [6, 6.07) is 7.79. The van der Waals surface area contributed by atoms with Gasteiger partial charge in [-0.15, -0.1) is 0 Å². The molecule has 1 saturated heterocycles. The molecule has 102 valence electrons. The summed E-state index contributed by atoms with van der Waals surface area (Å²) in [6.07, 6.45) is 0. The van der Waals surface area contributed by atoms with Crippen LogP contribution in [-0.2, 0) is 4.79 Å². The van der Waals surface area contributed by atoms with Crippen LogP contribution < -0.4 is 16.0 Å². The van der Waals surface area contributed by atoms with E-state index in [-0.39, 0.29) is 11.9 Å². The number of carbonyl (C=O) groups excluding carboxylic acids is 1. The Balaban J connectivity index is 2.03. The zero-order valence-corrected chi connectivity index (χ0v) is 11.0. The molecule has 0 unspecified atom stereocenters. The minimum absolute atomic E-state index is 0.0708. The number of rotatable bonds is 2. The summed E-state index contributed by atoms with van der Waals surface area (Å²) in [5, 5.41) is 10.0. The number of amides is 1. The molecule has 1 aliphatic rings. The Bertz CT molecular complexity index is 480. The third-order valence-electron chi connectivity index (χ3n) is 3.22.